The second kappa shape index (κ2) is 3.97. The van der Waals surface area contributed by atoms with Crippen molar-refractivity contribution in [2.75, 3.05) is 13.2 Å². The molecule has 0 aromatic heterocycles. The van der Waals surface area contributed by atoms with Gasteiger partial charge in [-0.15, -0.1) is 0 Å². The van der Waals surface area contributed by atoms with Crippen molar-refractivity contribution in [1.29, 1.82) is 0 Å². The Labute approximate surface area is 81.0 Å². The first-order valence-corrected chi connectivity index (χ1v) is 5.62. The highest BCUT2D eigenvalue weighted by atomic mass is 16.5. The Morgan fingerprint density at radius 3 is 2.92 bits per heavy atom. The summed E-state index contributed by atoms with van der Waals surface area (Å²) in [6.07, 6.45) is 4.27. The molecular weight excluding hydrogens is 162 g/mol. The maximum atomic E-state index is 5.89. The van der Waals surface area contributed by atoms with Gasteiger partial charge in [-0.25, -0.2) is 0 Å². The highest BCUT2D eigenvalue weighted by Crippen LogP contribution is 2.31. The fourth-order valence-electron chi connectivity index (χ4n) is 2.87. The SMILES string of the molecule is CC1CC(C)C2NCCCOC2C1. The van der Waals surface area contributed by atoms with Crippen LogP contribution in [0.15, 0.2) is 0 Å². The van der Waals surface area contributed by atoms with Gasteiger partial charge in [-0.2, -0.15) is 0 Å². The second-order valence-electron chi connectivity index (χ2n) is 4.80. The molecule has 2 fully saturated rings. The van der Waals surface area contributed by atoms with E-state index >= 15 is 0 Å². The molecule has 2 heteroatoms. The van der Waals surface area contributed by atoms with Crippen molar-refractivity contribution in [2.45, 2.75) is 45.3 Å². The first kappa shape index (κ1) is 9.47. The molecule has 76 valence electrons. The summed E-state index contributed by atoms with van der Waals surface area (Å²) in [4.78, 5) is 0. The predicted molar refractivity (Wildman–Crippen MR) is 53.7 cm³/mol. The smallest absolute Gasteiger partial charge is 0.0733 e. The number of hydrogen-bond acceptors (Lipinski definition) is 2. The highest BCUT2D eigenvalue weighted by Gasteiger charge is 2.35. The Morgan fingerprint density at radius 1 is 1.23 bits per heavy atom. The fourth-order valence-corrected chi connectivity index (χ4v) is 2.87. The molecule has 13 heavy (non-hydrogen) atoms. The molecule has 0 aromatic rings. The Morgan fingerprint density at radius 2 is 2.08 bits per heavy atom. The Kier molecular flexibility index (Phi) is 2.89. The van der Waals surface area contributed by atoms with Gasteiger partial charge in [0.05, 0.1) is 6.10 Å². The summed E-state index contributed by atoms with van der Waals surface area (Å²) in [6, 6.07) is 0.624. The van der Waals surface area contributed by atoms with Crippen LogP contribution in [0.5, 0.6) is 0 Å². The van der Waals surface area contributed by atoms with Gasteiger partial charge in [-0.05, 0) is 37.6 Å². The van der Waals surface area contributed by atoms with E-state index in [-0.39, 0.29) is 0 Å². The van der Waals surface area contributed by atoms with Gasteiger partial charge in [0, 0.05) is 12.6 Å². The van der Waals surface area contributed by atoms with Crippen LogP contribution in [-0.4, -0.2) is 25.3 Å². The number of hydrogen-bond donors (Lipinski definition) is 1. The molecule has 2 rings (SSSR count). The number of rotatable bonds is 0. The second-order valence-corrected chi connectivity index (χ2v) is 4.80. The van der Waals surface area contributed by atoms with Gasteiger partial charge in [0.15, 0.2) is 0 Å². The van der Waals surface area contributed by atoms with E-state index < -0.39 is 0 Å². The lowest BCUT2D eigenvalue weighted by atomic mass is 9.78. The molecule has 0 radical (unpaired) electrons. The average Bonchev–Trinajstić information content (AvgIpc) is 2.28. The van der Waals surface area contributed by atoms with E-state index in [2.05, 4.69) is 19.2 Å². The van der Waals surface area contributed by atoms with E-state index in [1.807, 2.05) is 0 Å². The third-order valence-corrected chi connectivity index (χ3v) is 3.46. The van der Waals surface area contributed by atoms with Crippen LogP contribution in [0.3, 0.4) is 0 Å². The standard InChI is InChI=1S/C11H21NO/c1-8-6-9(2)11-10(7-8)13-5-3-4-12-11/h8-12H,3-7H2,1-2H3. The largest absolute Gasteiger partial charge is 0.377 e. The Bertz CT molecular complexity index is 171. The summed E-state index contributed by atoms with van der Waals surface area (Å²) >= 11 is 0. The lowest BCUT2D eigenvalue weighted by Crippen LogP contribution is -2.48. The summed E-state index contributed by atoms with van der Waals surface area (Å²) in [7, 11) is 0. The molecule has 4 atom stereocenters. The van der Waals surface area contributed by atoms with Crippen LogP contribution in [0.25, 0.3) is 0 Å². The highest BCUT2D eigenvalue weighted by molar-refractivity contribution is 4.90. The van der Waals surface area contributed by atoms with Crippen LogP contribution in [0.1, 0.15) is 33.1 Å². The third-order valence-electron chi connectivity index (χ3n) is 3.46. The van der Waals surface area contributed by atoms with Crippen molar-refractivity contribution in [1.82, 2.24) is 5.32 Å². The molecule has 1 saturated carbocycles. The zero-order valence-electron chi connectivity index (χ0n) is 8.75. The molecule has 1 aliphatic heterocycles. The van der Waals surface area contributed by atoms with Crippen molar-refractivity contribution in [3.63, 3.8) is 0 Å². The topological polar surface area (TPSA) is 21.3 Å². The number of ether oxygens (including phenoxy) is 1. The zero-order chi connectivity index (χ0) is 9.26. The first-order chi connectivity index (χ1) is 6.27. The lowest BCUT2D eigenvalue weighted by molar-refractivity contribution is -0.00999. The van der Waals surface area contributed by atoms with Crippen LogP contribution in [-0.2, 0) is 4.74 Å². The maximum absolute atomic E-state index is 5.89. The lowest BCUT2D eigenvalue weighted by Gasteiger charge is -2.38. The quantitative estimate of drug-likeness (QED) is 0.618. The minimum atomic E-state index is 0.487. The summed E-state index contributed by atoms with van der Waals surface area (Å²) in [5, 5.41) is 3.63. The van der Waals surface area contributed by atoms with E-state index in [4.69, 9.17) is 4.74 Å². The molecule has 0 amide bonds. The molecule has 4 unspecified atom stereocenters. The summed E-state index contributed by atoms with van der Waals surface area (Å²) in [5.74, 6) is 1.63. The van der Waals surface area contributed by atoms with Gasteiger partial charge >= 0.3 is 0 Å². The molecule has 0 bridgehead atoms. The van der Waals surface area contributed by atoms with Crippen molar-refractivity contribution in [2.24, 2.45) is 11.8 Å². The Hall–Kier alpha value is -0.0800. The minimum absolute atomic E-state index is 0.487. The summed E-state index contributed by atoms with van der Waals surface area (Å²) < 4.78 is 5.89. The normalized spacial score (nSPS) is 46.6. The van der Waals surface area contributed by atoms with E-state index in [1.54, 1.807) is 0 Å². The van der Waals surface area contributed by atoms with Crippen molar-refractivity contribution >= 4 is 0 Å². The number of fused-ring (bicyclic) bond motifs is 1. The molecule has 1 aliphatic carbocycles. The van der Waals surface area contributed by atoms with Gasteiger partial charge in [0.1, 0.15) is 0 Å². The van der Waals surface area contributed by atoms with Crippen LogP contribution in [0.2, 0.25) is 0 Å². The van der Waals surface area contributed by atoms with Gasteiger partial charge < -0.3 is 10.1 Å². The van der Waals surface area contributed by atoms with Crippen molar-refractivity contribution in [3.05, 3.63) is 0 Å². The Balaban J connectivity index is 2.03. The molecule has 2 nitrogen and oxygen atoms in total. The average molecular weight is 183 g/mol. The monoisotopic (exact) mass is 183 g/mol. The molecule has 1 N–H and O–H groups in total. The van der Waals surface area contributed by atoms with Gasteiger partial charge in [0.25, 0.3) is 0 Å². The van der Waals surface area contributed by atoms with Crippen LogP contribution >= 0.6 is 0 Å². The van der Waals surface area contributed by atoms with E-state index in [9.17, 15) is 0 Å². The van der Waals surface area contributed by atoms with Crippen molar-refractivity contribution < 1.29 is 4.74 Å². The molecule has 1 heterocycles. The fraction of sp³-hybridized carbons (Fsp3) is 1.00. The van der Waals surface area contributed by atoms with E-state index in [0.29, 0.717) is 12.1 Å². The summed E-state index contributed by atoms with van der Waals surface area (Å²) in [6.45, 7) is 6.80. The predicted octanol–water partition coefficient (Wildman–Crippen LogP) is 1.80. The molecule has 1 saturated heterocycles. The zero-order valence-corrected chi connectivity index (χ0v) is 8.75. The van der Waals surface area contributed by atoms with Gasteiger partial charge in [-0.3, -0.25) is 0 Å². The summed E-state index contributed by atoms with van der Waals surface area (Å²) in [5.41, 5.74) is 0. The van der Waals surface area contributed by atoms with Crippen LogP contribution < -0.4 is 5.32 Å². The maximum Gasteiger partial charge on any atom is 0.0733 e. The van der Waals surface area contributed by atoms with Crippen LogP contribution in [0, 0.1) is 11.8 Å². The first-order valence-electron chi connectivity index (χ1n) is 5.62. The molecule has 0 aromatic carbocycles. The van der Waals surface area contributed by atoms with Gasteiger partial charge in [-0.1, -0.05) is 13.8 Å². The molecular formula is C11H21NO. The van der Waals surface area contributed by atoms with Crippen LogP contribution in [0.4, 0.5) is 0 Å². The molecule has 0 spiro atoms. The van der Waals surface area contributed by atoms with Gasteiger partial charge in [0.2, 0.25) is 0 Å². The molecule has 2 aliphatic rings. The minimum Gasteiger partial charge on any atom is -0.377 e. The van der Waals surface area contributed by atoms with E-state index in [1.165, 1.54) is 19.3 Å². The number of nitrogens with one attached hydrogen (secondary N) is 1. The van der Waals surface area contributed by atoms with E-state index in [0.717, 1.165) is 25.0 Å². The third kappa shape index (κ3) is 2.05. The van der Waals surface area contributed by atoms with Crippen molar-refractivity contribution in [3.8, 4) is 0 Å².